The molecule has 0 bridgehead atoms. The smallest absolute Gasteiger partial charge is 0.338 e. The van der Waals surface area contributed by atoms with Crippen LogP contribution in [0.1, 0.15) is 53.8 Å². The molecule has 0 unspecified atom stereocenters. The van der Waals surface area contributed by atoms with E-state index >= 15 is 0 Å². The van der Waals surface area contributed by atoms with Gasteiger partial charge in [0.25, 0.3) is 5.56 Å². The highest BCUT2D eigenvalue weighted by Crippen LogP contribution is 2.40. The normalized spacial score (nSPS) is 11.7. The van der Waals surface area contributed by atoms with Crippen LogP contribution in [-0.2, 0) is 13.0 Å². The van der Waals surface area contributed by atoms with Gasteiger partial charge in [0, 0.05) is 32.2 Å². The van der Waals surface area contributed by atoms with Crippen molar-refractivity contribution in [2.24, 2.45) is 5.41 Å². The molecule has 2 aromatic carbocycles. The average molecular weight is 636 g/mol. The fourth-order valence-corrected chi connectivity index (χ4v) is 6.61. The van der Waals surface area contributed by atoms with Crippen molar-refractivity contribution in [2.45, 2.75) is 47.6 Å². The number of pyridine rings is 1. The van der Waals surface area contributed by atoms with Crippen molar-refractivity contribution >= 4 is 61.6 Å². The van der Waals surface area contributed by atoms with Crippen LogP contribution in [0.15, 0.2) is 40.5 Å². The predicted molar refractivity (Wildman–Crippen MR) is 171 cm³/mol. The molecule has 0 aliphatic carbocycles. The summed E-state index contributed by atoms with van der Waals surface area (Å²) >= 11 is 14.2. The van der Waals surface area contributed by atoms with Gasteiger partial charge in [-0.1, -0.05) is 44.0 Å². The van der Waals surface area contributed by atoms with E-state index in [1.165, 1.54) is 15.9 Å². The average Bonchev–Trinajstić information content (AvgIpc) is 3.35. The summed E-state index contributed by atoms with van der Waals surface area (Å²) in [5.74, 6) is -0.0692. The Bertz CT molecular complexity index is 2040. The number of carboxylic acid groups (broad SMARTS) is 1. The number of aryl methyl sites for hydroxylation is 2. The molecule has 0 saturated heterocycles. The van der Waals surface area contributed by atoms with Gasteiger partial charge >= 0.3 is 5.97 Å². The third-order valence-corrected chi connectivity index (χ3v) is 8.57. The van der Waals surface area contributed by atoms with Crippen LogP contribution in [0, 0.1) is 30.6 Å². The summed E-state index contributed by atoms with van der Waals surface area (Å²) in [7, 11) is 0. The Morgan fingerprint density at radius 3 is 2.56 bits per heavy atom. The van der Waals surface area contributed by atoms with Crippen LogP contribution < -0.4 is 10.3 Å². The Labute approximate surface area is 262 Å². The Morgan fingerprint density at radius 1 is 1.14 bits per heavy atom. The maximum Gasteiger partial charge on any atom is 0.338 e. The van der Waals surface area contributed by atoms with Crippen LogP contribution >= 0.6 is 34.5 Å². The molecule has 5 rings (SSSR count). The molecule has 0 radical (unpaired) electrons. The number of halogens is 2. The van der Waals surface area contributed by atoms with Gasteiger partial charge in [0.15, 0.2) is 0 Å². The molecular formula is C32H28Cl2N4O4S. The zero-order valence-corrected chi connectivity index (χ0v) is 26.5. The van der Waals surface area contributed by atoms with Gasteiger partial charge in [-0.15, -0.1) is 11.3 Å². The van der Waals surface area contributed by atoms with E-state index in [4.69, 9.17) is 27.9 Å². The molecule has 0 amide bonds. The maximum absolute atomic E-state index is 13.8. The monoisotopic (exact) mass is 634 g/mol. The minimum Gasteiger partial charge on any atom is -0.491 e. The number of aromatic carboxylic acids is 1. The van der Waals surface area contributed by atoms with Crippen LogP contribution in [0.3, 0.4) is 0 Å². The number of carboxylic acids is 1. The molecule has 0 fully saturated rings. The lowest BCUT2D eigenvalue weighted by molar-refractivity contribution is 0.0699. The van der Waals surface area contributed by atoms with E-state index in [0.29, 0.717) is 60.6 Å². The Kier molecular flexibility index (Phi) is 8.23. The topological polar surface area (TPSA) is 118 Å². The molecule has 3 aromatic heterocycles. The lowest BCUT2D eigenvalue weighted by Gasteiger charge is -2.21. The molecular weight excluding hydrogens is 607 g/mol. The van der Waals surface area contributed by atoms with Crippen LogP contribution in [0.5, 0.6) is 5.75 Å². The lowest BCUT2D eigenvalue weighted by Crippen LogP contribution is -2.27. The summed E-state index contributed by atoms with van der Waals surface area (Å²) in [6, 6.07) is 10.9. The highest BCUT2D eigenvalue weighted by atomic mass is 35.5. The molecule has 220 valence electrons. The number of fused-ring (bicyclic) bond motifs is 2. The highest BCUT2D eigenvalue weighted by Gasteiger charge is 2.23. The molecule has 0 spiro atoms. The third-order valence-electron chi connectivity index (χ3n) is 7.00. The molecule has 1 N–H and O–H groups in total. The van der Waals surface area contributed by atoms with Crippen molar-refractivity contribution in [1.29, 1.82) is 5.26 Å². The Hall–Kier alpha value is -3.97. The van der Waals surface area contributed by atoms with E-state index in [1.807, 2.05) is 26.8 Å². The van der Waals surface area contributed by atoms with Crippen molar-refractivity contribution < 1.29 is 14.6 Å². The fraction of sp³-hybridized carbons (Fsp3) is 0.281. The number of nitrogens with zero attached hydrogens (tertiary/aromatic N) is 4. The number of carbonyl (C=O) groups is 1. The van der Waals surface area contributed by atoms with Gasteiger partial charge in [0.05, 0.1) is 38.8 Å². The summed E-state index contributed by atoms with van der Waals surface area (Å²) in [5.41, 5.74) is 3.40. The minimum absolute atomic E-state index is 0.116. The van der Waals surface area contributed by atoms with Gasteiger partial charge in [0.2, 0.25) is 0 Å². The van der Waals surface area contributed by atoms with Gasteiger partial charge in [-0.3, -0.25) is 14.3 Å². The zero-order chi connectivity index (χ0) is 31.2. The number of nitriles is 1. The van der Waals surface area contributed by atoms with E-state index in [0.717, 1.165) is 5.56 Å². The first-order valence-electron chi connectivity index (χ1n) is 13.5. The molecule has 0 atom stereocenters. The predicted octanol–water partition coefficient (Wildman–Crippen LogP) is 7.83. The minimum atomic E-state index is -1.05. The van der Waals surface area contributed by atoms with E-state index in [9.17, 15) is 20.0 Å². The van der Waals surface area contributed by atoms with Crippen molar-refractivity contribution in [3.05, 3.63) is 84.3 Å². The van der Waals surface area contributed by atoms with Crippen LogP contribution in [0.4, 0.5) is 0 Å². The summed E-state index contributed by atoms with van der Waals surface area (Å²) in [5, 5.41) is 22.4. The maximum atomic E-state index is 13.8. The van der Waals surface area contributed by atoms with Crippen molar-refractivity contribution in [2.75, 3.05) is 6.61 Å². The summed E-state index contributed by atoms with van der Waals surface area (Å²) in [6.45, 7) is 9.95. The molecule has 0 saturated carbocycles. The second-order valence-corrected chi connectivity index (χ2v) is 13.2. The largest absolute Gasteiger partial charge is 0.491 e. The van der Waals surface area contributed by atoms with E-state index in [1.54, 1.807) is 43.5 Å². The van der Waals surface area contributed by atoms with Crippen molar-refractivity contribution in [3.63, 3.8) is 0 Å². The number of rotatable bonds is 7. The summed E-state index contributed by atoms with van der Waals surface area (Å²) < 4.78 is 8.42. The van der Waals surface area contributed by atoms with Gasteiger partial charge in [-0.2, -0.15) is 5.26 Å². The number of hydrogen-bond acceptors (Lipinski definition) is 7. The molecule has 0 aliphatic rings. The molecule has 8 nitrogen and oxygen atoms in total. The van der Waals surface area contributed by atoms with E-state index < -0.39 is 5.97 Å². The molecule has 3 heterocycles. The van der Waals surface area contributed by atoms with Crippen LogP contribution in [-0.4, -0.2) is 32.2 Å². The zero-order valence-electron chi connectivity index (χ0n) is 24.2. The Balaban J connectivity index is 1.52. The number of benzene rings is 2. The lowest BCUT2D eigenvalue weighted by atomic mass is 9.85. The number of thiophene rings is 1. The van der Waals surface area contributed by atoms with Gasteiger partial charge in [0.1, 0.15) is 24.3 Å². The fourth-order valence-electron chi connectivity index (χ4n) is 5.16. The van der Waals surface area contributed by atoms with E-state index in [-0.39, 0.29) is 40.6 Å². The number of hydrogen-bond donors (Lipinski definition) is 1. The molecule has 43 heavy (non-hydrogen) atoms. The second-order valence-electron chi connectivity index (χ2n) is 11.5. The first kappa shape index (κ1) is 30.5. The van der Waals surface area contributed by atoms with Gasteiger partial charge in [-0.05, 0) is 61.6 Å². The third kappa shape index (κ3) is 5.96. The molecule has 11 heteroatoms. The SMILES string of the molecule is Cc1cc(-c2cc(Cl)ccc2OCCn2c(C)nc3cc(Cl)c(CC(C)(C)C)c(C#N)c3c2=O)c2scc(C(=O)O)c2n1. The van der Waals surface area contributed by atoms with Gasteiger partial charge in [-0.25, -0.2) is 9.78 Å². The molecule has 0 aliphatic heterocycles. The second kappa shape index (κ2) is 11.6. The van der Waals surface area contributed by atoms with Gasteiger partial charge < -0.3 is 9.84 Å². The number of aromatic nitrogens is 3. The first-order valence-corrected chi connectivity index (χ1v) is 15.1. The summed E-state index contributed by atoms with van der Waals surface area (Å²) in [4.78, 5) is 34.6. The number of ether oxygens (including phenoxy) is 1. The van der Waals surface area contributed by atoms with Crippen LogP contribution in [0.2, 0.25) is 10.0 Å². The standard InChI is InChI=1S/C32H28Cl2N4O4S/c1-16-10-20(29-28(36-16)23(15-43-29)31(40)41)19-11-18(33)6-7-26(19)42-9-8-38-17(2)37-25-12-24(34)21(13-32(3,4)5)22(14-35)27(25)30(38)39/h6-7,10-12,15H,8-9,13H2,1-5H3,(H,40,41). The van der Waals surface area contributed by atoms with Crippen LogP contribution in [0.25, 0.3) is 32.2 Å². The first-order chi connectivity index (χ1) is 20.3. The van der Waals surface area contributed by atoms with Crippen molar-refractivity contribution in [1.82, 2.24) is 14.5 Å². The summed E-state index contributed by atoms with van der Waals surface area (Å²) in [6.07, 6.45) is 0.528. The van der Waals surface area contributed by atoms with E-state index in [2.05, 4.69) is 16.0 Å². The van der Waals surface area contributed by atoms with Crippen molar-refractivity contribution in [3.8, 4) is 22.9 Å². The Morgan fingerprint density at radius 2 is 1.88 bits per heavy atom. The highest BCUT2D eigenvalue weighted by molar-refractivity contribution is 7.18. The quantitative estimate of drug-likeness (QED) is 0.194. The molecule has 5 aromatic rings.